The Morgan fingerprint density at radius 2 is 2.14 bits per heavy atom. The summed E-state index contributed by atoms with van der Waals surface area (Å²) < 4.78 is 0. The number of hydrogen-bond donors (Lipinski definition) is 1. The summed E-state index contributed by atoms with van der Waals surface area (Å²) >= 11 is 0. The number of piperidine rings is 3. The van der Waals surface area contributed by atoms with Crippen LogP contribution >= 0.6 is 0 Å². The molecule has 4 aliphatic rings. The number of hydrogen-bond acceptors (Lipinski definition) is 1. The van der Waals surface area contributed by atoms with Crippen molar-refractivity contribution in [1.29, 1.82) is 0 Å². The second-order valence-electron chi connectivity index (χ2n) is 7.09. The highest BCUT2D eigenvalue weighted by atomic mass is 15.2. The third kappa shape index (κ3) is 1.41. The lowest BCUT2D eigenvalue weighted by Gasteiger charge is -2.58. The zero-order chi connectivity index (χ0) is 14.1. The zero-order valence-electron chi connectivity index (χ0n) is 12.8. The standard InChI is InChI=1S/C19H22N2/c1-3-12-10-21-17-9-15-13-6-4-5-7-16(13)20-19(15)18(21)8-14(12)11(17)2/h3-7,11,14,17-18,20H,8-10H2,1-2H3/b12-3-/t11-,14-,17?,18+/m1/s1. The van der Waals surface area contributed by atoms with Gasteiger partial charge < -0.3 is 4.98 Å². The summed E-state index contributed by atoms with van der Waals surface area (Å²) in [7, 11) is 0. The molecule has 2 aromatic rings. The normalized spacial score (nSPS) is 39.0. The zero-order valence-corrected chi connectivity index (χ0v) is 12.8. The number of fused-ring (bicyclic) bond motifs is 4. The Kier molecular flexibility index (Phi) is 2.30. The summed E-state index contributed by atoms with van der Waals surface area (Å²) in [5.41, 5.74) is 6.12. The first-order chi connectivity index (χ1) is 10.3. The van der Waals surface area contributed by atoms with Crippen molar-refractivity contribution < 1.29 is 0 Å². The van der Waals surface area contributed by atoms with Gasteiger partial charge in [-0.15, -0.1) is 0 Å². The van der Waals surface area contributed by atoms with Crippen LogP contribution < -0.4 is 0 Å². The lowest BCUT2D eigenvalue weighted by molar-refractivity contribution is -0.0238. The number of aromatic amines is 1. The highest BCUT2D eigenvalue weighted by Crippen LogP contribution is 2.53. The Balaban J connectivity index is 1.70. The number of benzene rings is 1. The monoisotopic (exact) mass is 278 g/mol. The van der Waals surface area contributed by atoms with Crippen LogP contribution in [0.1, 0.15) is 37.6 Å². The second-order valence-corrected chi connectivity index (χ2v) is 7.09. The Bertz CT molecular complexity index is 754. The number of allylic oxidation sites excluding steroid dienone is 1. The maximum atomic E-state index is 3.74. The SMILES string of the molecule is C/C=C1/CN2C3Cc4c([nH]c5ccccc45)[C@@H]2C[C@@H]1[C@H]3C. The molecule has 108 valence electrons. The molecule has 4 bridgehead atoms. The van der Waals surface area contributed by atoms with Crippen LogP contribution in [0.3, 0.4) is 0 Å². The van der Waals surface area contributed by atoms with E-state index in [-0.39, 0.29) is 0 Å². The van der Waals surface area contributed by atoms with E-state index >= 15 is 0 Å². The van der Waals surface area contributed by atoms with Crippen molar-refractivity contribution in [3.05, 3.63) is 47.2 Å². The first kappa shape index (κ1) is 12.0. The summed E-state index contributed by atoms with van der Waals surface area (Å²) in [6.07, 6.45) is 4.90. The van der Waals surface area contributed by atoms with Crippen LogP contribution in [0.2, 0.25) is 0 Å². The molecule has 0 saturated carbocycles. The van der Waals surface area contributed by atoms with Gasteiger partial charge in [-0.1, -0.05) is 36.8 Å². The molecule has 1 N–H and O–H groups in total. The van der Waals surface area contributed by atoms with E-state index in [1.54, 1.807) is 11.1 Å². The van der Waals surface area contributed by atoms with Gasteiger partial charge in [-0.05, 0) is 43.2 Å². The Morgan fingerprint density at radius 1 is 1.29 bits per heavy atom. The van der Waals surface area contributed by atoms with E-state index in [0.717, 1.165) is 17.9 Å². The molecule has 0 spiro atoms. The van der Waals surface area contributed by atoms with Crippen molar-refractivity contribution in [2.24, 2.45) is 11.8 Å². The number of nitrogens with one attached hydrogen (secondary N) is 1. The van der Waals surface area contributed by atoms with E-state index in [4.69, 9.17) is 0 Å². The molecule has 2 nitrogen and oxygen atoms in total. The molecule has 4 aliphatic heterocycles. The molecule has 0 amide bonds. The number of aromatic nitrogens is 1. The maximum Gasteiger partial charge on any atom is 0.0513 e. The quantitative estimate of drug-likeness (QED) is 0.720. The van der Waals surface area contributed by atoms with Gasteiger partial charge in [0.1, 0.15) is 0 Å². The maximum absolute atomic E-state index is 3.74. The van der Waals surface area contributed by atoms with Crippen LogP contribution in [-0.4, -0.2) is 22.5 Å². The molecular weight excluding hydrogens is 256 g/mol. The van der Waals surface area contributed by atoms with Crippen LogP contribution in [0.5, 0.6) is 0 Å². The highest BCUT2D eigenvalue weighted by Gasteiger charge is 2.51. The fourth-order valence-electron chi connectivity index (χ4n) is 5.26. The van der Waals surface area contributed by atoms with Crippen LogP contribution in [0, 0.1) is 11.8 Å². The molecule has 1 aromatic heterocycles. The average Bonchev–Trinajstić information content (AvgIpc) is 2.89. The number of para-hydroxylation sites is 1. The summed E-state index contributed by atoms with van der Waals surface area (Å²) in [5, 5.41) is 1.46. The van der Waals surface area contributed by atoms with Crippen molar-refractivity contribution in [2.45, 2.75) is 38.8 Å². The van der Waals surface area contributed by atoms with Gasteiger partial charge in [0.2, 0.25) is 0 Å². The third-order valence-corrected chi connectivity index (χ3v) is 6.35. The average molecular weight is 278 g/mol. The summed E-state index contributed by atoms with van der Waals surface area (Å²) in [4.78, 5) is 6.52. The van der Waals surface area contributed by atoms with Crippen molar-refractivity contribution in [1.82, 2.24) is 9.88 Å². The van der Waals surface area contributed by atoms with E-state index < -0.39 is 0 Å². The minimum atomic E-state index is 0.621. The second kappa shape index (κ2) is 4.01. The topological polar surface area (TPSA) is 19.0 Å². The van der Waals surface area contributed by atoms with Crippen LogP contribution in [0.4, 0.5) is 0 Å². The molecule has 21 heavy (non-hydrogen) atoms. The van der Waals surface area contributed by atoms with Crippen LogP contribution in [-0.2, 0) is 6.42 Å². The van der Waals surface area contributed by atoms with Gasteiger partial charge in [-0.2, -0.15) is 0 Å². The molecule has 0 radical (unpaired) electrons. The van der Waals surface area contributed by atoms with Gasteiger partial charge in [0.25, 0.3) is 0 Å². The Labute approximate surface area is 125 Å². The van der Waals surface area contributed by atoms with Gasteiger partial charge in [-0.25, -0.2) is 0 Å². The minimum absolute atomic E-state index is 0.621. The number of rotatable bonds is 0. The van der Waals surface area contributed by atoms with Crippen molar-refractivity contribution in [2.75, 3.05) is 6.54 Å². The van der Waals surface area contributed by atoms with Crippen LogP contribution in [0.15, 0.2) is 35.9 Å². The fraction of sp³-hybridized carbons (Fsp3) is 0.474. The molecule has 1 aromatic carbocycles. The highest BCUT2D eigenvalue weighted by molar-refractivity contribution is 5.85. The Hall–Kier alpha value is -1.54. The molecule has 3 saturated heterocycles. The number of H-pyrrole nitrogens is 1. The molecule has 3 fully saturated rings. The van der Waals surface area contributed by atoms with E-state index in [1.165, 1.54) is 36.0 Å². The lowest BCUT2D eigenvalue weighted by Crippen LogP contribution is -2.59. The smallest absolute Gasteiger partial charge is 0.0513 e. The fourth-order valence-corrected chi connectivity index (χ4v) is 5.26. The lowest BCUT2D eigenvalue weighted by atomic mass is 9.64. The van der Waals surface area contributed by atoms with Crippen molar-refractivity contribution in [3.63, 3.8) is 0 Å². The van der Waals surface area contributed by atoms with E-state index in [1.807, 2.05) is 0 Å². The van der Waals surface area contributed by atoms with Crippen LogP contribution in [0.25, 0.3) is 10.9 Å². The molecule has 0 aliphatic carbocycles. The summed E-state index contributed by atoms with van der Waals surface area (Å²) in [6.45, 7) is 5.88. The Morgan fingerprint density at radius 3 is 3.00 bits per heavy atom. The third-order valence-electron chi connectivity index (χ3n) is 6.35. The molecule has 2 heteroatoms. The predicted octanol–water partition coefficient (Wildman–Crippen LogP) is 4.05. The van der Waals surface area contributed by atoms with Gasteiger partial charge in [0.05, 0.1) is 6.04 Å². The van der Waals surface area contributed by atoms with E-state index in [0.29, 0.717) is 6.04 Å². The first-order valence-electron chi connectivity index (χ1n) is 8.28. The molecule has 5 heterocycles. The molecule has 5 atom stereocenters. The van der Waals surface area contributed by atoms with Crippen molar-refractivity contribution >= 4 is 10.9 Å². The summed E-state index contributed by atoms with van der Waals surface area (Å²) in [5.74, 6) is 1.59. The number of nitrogens with zero attached hydrogens (tertiary/aromatic N) is 1. The molecule has 2 unspecified atom stereocenters. The first-order valence-corrected chi connectivity index (χ1v) is 8.28. The minimum Gasteiger partial charge on any atom is -0.357 e. The van der Waals surface area contributed by atoms with Gasteiger partial charge in [0.15, 0.2) is 0 Å². The van der Waals surface area contributed by atoms with Crippen molar-refractivity contribution in [3.8, 4) is 0 Å². The largest absolute Gasteiger partial charge is 0.357 e. The molecule has 6 rings (SSSR count). The molecular formula is C19H22N2. The summed E-state index contributed by atoms with van der Waals surface area (Å²) in [6, 6.07) is 10.2. The van der Waals surface area contributed by atoms with E-state index in [2.05, 4.69) is 54.1 Å². The van der Waals surface area contributed by atoms with Gasteiger partial charge >= 0.3 is 0 Å². The predicted molar refractivity (Wildman–Crippen MR) is 86.3 cm³/mol. The van der Waals surface area contributed by atoms with E-state index in [9.17, 15) is 0 Å². The van der Waals surface area contributed by atoms with Gasteiger partial charge in [0, 0.05) is 29.2 Å². The van der Waals surface area contributed by atoms with Gasteiger partial charge in [-0.3, -0.25) is 4.90 Å².